The highest BCUT2D eigenvalue weighted by Crippen LogP contribution is 2.61. The first kappa shape index (κ1) is 52.8. The summed E-state index contributed by atoms with van der Waals surface area (Å²) >= 11 is 0. The van der Waals surface area contributed by atoms with Gasteiger partial charge >= 0.3 is 23.5 Å². The number of primary amides is 1. The minimum atomic E-state index is -5.60. The molecule has 2 aliphatic rings. The third-order valence-electron chi connectivity index (χ3n) is 11.3. The van der Waals surface area contributed by atoms with E-state index < -0.39 is 91.7 Å². The minimum Gasteiger partial charge on any atom is -0.491 e. The van der Waals surface area contributed by atoms with E-state index in [0.717, 1.165) is 33.8 Å². The van der Waals surface area contributed by atoms with Gasteiger partial charge in [0.1, 0.15) is 55.0 Å². The molecule has 0 radical (unpaired) electrons. The number of anilines is 1. The Labute approximate surface area is 406 Å². The topological polar surface area (TPSA) is 406 Å². The number of hydrogen-bond donors (Lipinski definition) is 10. The molecule has 2 saturated heterocycles. The summed E-state index contributed by atoms with van der Waals surface area (Å²) in [6, 6.07) is 16.2. The fourth-order valence-electron chi connectivity index (χ4n) is 7.93. The van der Waals surface area contributed by atoms with E-state index in [9.17, 15) is 58.2 Å². The van der Waals surface area contributed by atoms with Gasteiger partial charge in [-0.1, -0.05) is 18.2 Å². The number of fused-ring (bicyclic) bond motifs is 3. The highest BCUT2D eigenvalue weighted by atomic mass is 31.3. The fraction of sp³-hybridized carbons (Fsp3) is 0.400. The smallest absolute Gasteiger partial charge is 0.481 e. The van der Waals surface area contributed by atoms with Crippen LogP contribution in [0.4, 0.5) is 5.82 Å². The Morgan fingerprint density at radius 2 is 1.57 bits per heavy atom. The number of nitrogens with two attached hydrogens (primary N) is 1. The van der Waals surface area contributed by atoms with Crippen LogP contribution in [0, 0.1) is 0 Å². The fourth-order valence-corrected chi connectivity index (χ4v) is 10.6. The third-order valence-corrected chi connectivity index (χ3v) is 14.4. The number of phosphoric ester groups is 3. The molecule has 0 aliphatic carbocycles. The van der Waals surface area contributed by atoms with E-state index in [1.54, 1.807) is 0 Å². The highest BCUT2D eigenvalue weighted by molar-refractivity contribution is 7.61. The first-order chi connectivity index (χ1) is 34.2. The molecule has 32 heteroatoms. The molecule has 0 spiro atoms. The number of carbonyl (C=O) groups is 2. The summed E-state index contributed by atoms with van der Waals surface area (Å²) in [5.74, 6) is -0.271. The Hall–Kier alpha value is -5.55. The van der Waals surface area contributed by atoms with Crippen LogP contribution in [0.3, 0.4) is 0 Å². The second-order valence-corrected chi connectivity index (χ2v) is 20.5. The first-order valence-electron chi connectivity index (χ1n) is 21.7. The number of phosphoric acid groups is 3. The molecule has 0 saturated carbocycles. The number of carbonyl (C=O) groups excluding carboxylic acids is 2. The molecular weight excluding hydrogens is 1020 g/mol. The quantitative estimate of drug-likeness (QED) is 0.0176. The summed E-state index contributed by atoms with van der Waals surface area (Å²) < 4.78 is 78.1. The largest absolute Gasteiger partial charge is 0.491 e. The van der Waals surface area contributed by atoms with E-state index in [-0.39, 0.29) is 54.6 Å². The number of hydrogen-bond acceptors (Lipinski definition) is 20. The van der Waals surface area contributed by atoms with Gasteiger partial charge in [0.2, 0.25) is 16.9 Å². The monoisotopic (exact) mass is 1070 g/mol. The maximum Gasteiger partial charge on any atom is 0.481 e. The molecule has 386 valence electrons. The lowest BCUT2D eigenvalue weighted by molar-refractivity contribution is -0.765. The van der Waals surface area contributed by atoms with Crippen LogP contribution in [0.25, 0.3) is 33.2 Å². The Morgan fingerprint density at radius 3 is 2.31 bits per heavy atom. The van der Waals surface area contributed by atoms with Crippen LogP contribution >= 0.6 is 23.5 Å². The molecule has 2 amide bonds. The number of pyridine rings is 1. The second kappa shape index (κ2) is 21.9. The zero-order valence-electron chi connectivity index (χ0n) is 37.7. The number of aliphatic hydroxyl groups is 3. The number of imidazole rings is 1. The zero-order chi connectivity index (χ0) is 51.5. The number of para-hydroxylation sites is 3. The number of ether oxygens (including phenoxy) is 3. The maximum atomic E-state index is 12.9. The molecule has 29 nitrogen and oxygen atoms in total. The lowest BCUT2D eigenvalue weighted by Crippen LogP contribution is -2.46. The van der Waals surface area contributed by atoms with Gasteiger partial charge in [0, 0.05) is 37.7 Å². The summed E-state index contributed by atoms with van der Waals surface area (Å²) in [4.78, 5) is 81.7. The first-order valence-corrected chi connectivity index (χ1v) is 26.2. The normalized spacial score (nSPS) is 24.1. The summed E-state index contributed by atoms with van der Waals surface area (Å²) in [6.45, 7) is -1.51. The Balaban J connectivity index is 0.824. The second-order valence-electron chi connectivity index (χ2n) is 16.2. The van der Waals surface area contributed by atoms with Gasteiger partial charge in [-0.25, -0.2) is 33.6 Å². The van der Waals surface area contributed by atoms with Gasteiger partial charge in [0.15, 0.2) is 53.0 Å². The van der Waals surface area contributed by atoms with Crippen LogP contribution in [-0.4, -0.2) is 141 Å². The van der Waals surface area contributed by atoms with Gasteiger partial charge in [0.25, 0.3) is 12.1 Å². The van der Waals surface area contributed by atoms with Crippen molar-refractivity contribution in [2.24, 2.45) is 12.8 Å². The van der Waals surface area contributed by atoms with Crippen molar-refractivity contribution >= 4 is 74.3 Å². The van der Waals surface area contributed by atoms with Gasteiger partial charge in [-0.05, 0) is 24.6 Å². The average Bonchev–Trinajstić information content (AvgIpc) is 3.99. The molecule has 11 N–H and O–H groups in total. The molecule has 8 rings (SSSR count). The standard InChI is InChI=1S/C40H47N10O19P3/c1-48-24-9-3-2-8-23(24)47-30-25(48)10-4-11-26(30)63-16-6-12-29(51)42-13-14-43-37-31-38(45-20-44-37)50(21-46-31)40-35(68-70(56,57)58)33(53)28(67-40)19-65-72(61,62)69-71(59,60)64-18-27-32(52)34(54)39(66-27)49-15-5-7-22(17-49)36(41)55/h2-5,7-11,15,17,20-21,27-28,32-35,39-40,52-54H,6,12-14,16,18-19H2,1H3,(H6-2,41,42,43,44,45,51,55,56,57,58,59,60,61,62)/p+2. The third kappa shape index (κ3) is 12.3. The highest BCUT2D eigenvalue weighted by Gasteiger charge is 2.52. The maximum absolute atomic E-state index is 12.9. The molecule has 2 aromatic carbocycles. The predicted octanol–water partition coefficient (Wildman–Crippen LogP) is -0.568. The number of aryl methyl sites for hydroxylation is 1. The Kier molecular flexibility index (Phi) is 16.0. The van der Waals surface area contributed by atoms with Crippen LogP contribution in [0.1, 0.15) is 35.7 Å². The van der Waals surface area contributed by atoms with Crippen molar-refractivity contribution in [3.8, 4) is 5.75 Å². The number of nitrogens with zero attached hydrogens (tertiary/aromatic N) is 7. The van der Waals surface area contributed by atoms with Gasteiger partial charge in [-0.2, -0.15) is 13.4 Å². The number of amides is 2. The van der Waals surface area contributed by atoms with Crippen LogP contribution in [0.15, 0.2) is 79.6 Å². The minimum absolute atomic E-state index is 0.000422. The van der Waals surface area contributed by atoms with Crippen molar-refractivity contribution in [3.05, 3.63) is 85.2 Å². The van der Waals surface area contributed by atoms with E-state index >= 15 is 0 Å². The summed E-state index contributed by atoms with van der Waals surface area (Å²) in [5, 5.41) is 38.0. The Bertz CT molecular complexity index is 3110. The van der Waals surface area contributed by atoms with Gasteiger partial charge in [0.05, 0.1) is 26.1 Å². The predicted molar refractivity (Wildman–Crippen MR) is 243 cm³/mol. The van der Waals surface area contributed by atoms with Gasteiger partial charge in [-0.3, -0.25) is 27.7 Å². The van der Waals surface area contributed by atoms with Crippen molar-refractivity contribution in [1.29, 1.82) is 0 Å². The van der Waals surface area contributed by atoms with Crippen molar-refractivity contribution in [3.63, 3.8) is 0 Å². The van der Waals surface area contributed by atoms with E-state index in [1.807, 2.05) is 54.1 Å². The number of aliphatic hydroxyl groups excluding tert-OH is 3. The molecular formula is C40H49N10O19P3+2. The SMILES string of the molecule is C[n+]1c2ccccc2nc2c(OCCCC(=O)NCCNc3ncnc4c3ncn4C3OC(COP(=O)(O)OP(=O)(O)OCC4OC([n+]5cccc(C(N)=O)c5)C(O)C4O)C(O)C3OP(=O)(O)O)cccc21. The molecule has 2 fully saturated rings. The molecule has 4 aromatic heterocycles. The molecule has 2 aliphatic heterocycles. The van der Waals surface area contributed by atoms with E-state index in [0.29, 0.717) is 17.7 Å². The van der Waals surface area contributed by atoms with Gasteiger partial charge < -0.3 is 65.5 Å². The van der Waals surface area contributed by atoms with E-state index in [1.165, 1.54) is 29.1 Å². The van der Waals surface area contributed by atoms with Crippen LogP contribution < -0.4 is 30.2 Å². The zero-order valence-corrected chi connectivity index (χ0v) is 40.3. The van der Waals surface area contributed by atoms with Crippen LogP contribution in [0.2, 0.25) is 0 Å². The number of rotatable bonds is 22. The van der Waals surface area contributed by atoms with Crippen molar-refractivity contribution in [1.82, 2.24) is 29.8 Å². The molecule has 10 atom stereocenters. The van der Waals surface area contributed by atoms with Crippen LogP contribution in [0.5, 0.6) is 5.75 Å². The molecule has 72 heavy (non-hydrogen) atoms. The molecule has 6 aromatic rings. The molecule has 10 unspecified atom stereocenters. The summed E-state index contributed by atoms with van der Waals surface area (Å²) in [7, 11) is -14.6. The van der Waals surface area contributed by atoms with Crippen LogP contribution in [-0.2, 0) is 52.9 Å². The van der Waals surface area contributed by atoms with E-state index in [2.05, 4.69) is 29.9 Å². The van der Waals surface area contributed by atoms with E-state index in [4.69, 9.17) is 38.5 Å². The number of aromatic nitrogens is 7. The van der Waals surface area contributed by atoms with Crippen molar-refractivity contribution in [2.45, 2.75) is 61.9 Å². The summed E-state index contributed by atoms with van der Waals surface area (Å²) in [5.41, 5.74) is 8.82. The molecule has 0 bridgehead atoms. The lowest BCUT2D eigenvalue weighted by atomic mass is 10.1. The lowest BCUT2D eigenvalue weighted by Gasteiger charge is -2.22. The van der Waals surface area contributed by atoms with Crippen molar-refractivity contribution in [2.75, 3.05) is 38.2 Å². The number of benzene rings is 2. The average molecular weight is 1070 g/mol. The Morgan fingerprint density at radius 1 is 0.847 bits per heavy atom. The summed E-state index contributed by atoms with van der Waals surface area (Å²) in [6.07, 6.45) is -8.06. The molecule has 6 heterocycles. The number of nitrogens with one attached hydrogen (secondary N) is 2. The van der Waals surface area contributed by atoms with Gasteiger partial charge in [-0.15, -0.1) is 0 Å². The van der Waals surface area contributed by atoms with Crippen molar-refractivity contribution < 1.29 is 99.4 Å².